The zero-order valence-corrected chi connectivity index (χ0v) is 15.8. The Labute approximate surface area is 159 Å². The molecule has 1 aliphatic rings. The molecule has 0 bridgehead atoms. The van der Waals surface area contributed by atoms with E-state index in [2.05, 4.69) is 15.3 Å². The summed E-state index contributed by atoms with van der Waals surface area (Å²) in [6, 6.07) is 7.30. The standard InChI is InChI=1S/C20H26N4O3/c1-3-24-18(25)9-8-16(19(24)15-6-4-5-7-17(15)27-2)20(26)22-11-10-14-12-21-13-23-14/h4-7,12-13,16,19H,3,8-11H2,1-2H3,(H,21,23)(H,22,26)/t16-,19+/m1/s1. The number of carbonyl (C=O) groups is 2. The van der Waals surface area contributed by atoms with Gasteiger partial charge in [0, 0.05) is 43.4 Å². The first-order chi connectivity index (χ1) is 13.2. The van der Waals surface area contributed by atoms with E-state index in [0.717, 1.165) is 11.3 Å². The van der Waals surface area contributed by atoms with E-state index >= 15 is 0 Å². The van der Waals surface area contributed by atoms with Crippen LogP contribution in [0.4, 0.5) is 0 Å². The van der Waals surface area contributed by atoms with Gasteiger partial charge in [-0.05, 0) is 19.4 Å². The van der Waals surface area contributed by atoms with Crippen molar-refractivity contribution in [2.24, 2.45) is 5.92 Å². The van der Waals surface area contributed by atoms with E-state index < -0.39 is 0 Å². The van der Waals surface area contributed by atoms with E-state index in [4.69, 9.17) is 4.74 Å². The number of aromatic amines is 1. The fourth-order valence-electron chi connectivity index (χ4n) is 3.77. The maximum absolute atomic E-state index is 13.0. The number of benzene rings is 1. The van der Waals surface area contributed by atoms with E-state index in [-0.39, 0.29) is 23.8 Å². The predicted octanol–water partition coefficient (Wildman–Crippen LogP) is 2.08. The highest BCUT2D eigenvalue weighted by Gasteiger charge is 2.41. The molecule has 2 aromatic rings. The van der Waals surface area contributed by atoms with Crippen molar-refractivity contribution < 1.29 is 14.3 Å². The van der Waals surface area contributed by atoms with Crippen LogP contribution in [0.3, 0.4) is 0 Å². The van der Waals surface area contributed by atoms with Gasteiger partial charge in [-0.25, -0.2) is 4.98 Å². The third kappa shape index (κ3) is 4.13. The minimum atomic E-state index is -0.320. The van der Waals surface area contributed by atoms with Crippen molar-refractivity contribution in [3.63, 3.8) is 0 Å². The second-order valence-corrected chi connectivity index (χ2v) is 6.63. The molecule has 7 heteroatoms. The molecular weight excluding hydrogens is 344 g/mol. The van der Waals surface area contributed by atoms with Crippen molar-refractivity contribution >= 4 is 11.8 Å². The summed E-state index contributed by atoms with van der Waals surface area (Å²) in [5, 5.41) is 3.02. The van der Waals surface area contributed by atoms with Crippen molar-refractivity contribution in [2.45, 2.75) is 32.2 Å². The molecule has 1 aliphatic heterocycles. The number of amides is 2. The summed E-state index contributed by atoms with van der Waals surface area (Å²) in [7, 11) is 1.61. The second-order valence-electron chi connectivity index (χ2n) is 6.63. The number of H-pyrrole nitrogens is 1. The number of nitrogens with one attached hydrogen (secondary N) is 2. The summed E-state index contributed by atoms with van der Waals surface area (Å²) in [5.41, 5.74) is 1.86. The van der Waals surface area contributed by atoms with Gasteiger partial charge in [0.05, 0.1) is 25.4 Å². The number of imidazole rings is 1. The van der Waals surface area contributed by atoms with Gasteiger partial charge in [0.15, 0.2) is 0 Å². The topological polar surface area (TPSA) is 87.3 Å². The summed E-state index contributed by atoms with van der Waals surface area (Å²) >= 11 is 0. The Hall–Kier alpha value is -2.83. The first-order valence-electron chi connectivity index (χ1n) is 9.33. The predicted molar refractivity (Wildman–Crippen MR) is 101 cm³/mol. The number of piperidine rings is 1. The van der Waals surface area contributed by atoms with Crippen LogP contribution in [0.15, 0.2) is 36.8 Å². The number of aromatic nitrogens is 2. The Kier molecular flexibility index (Phi) is 6.11. The number of hydrogen-bond donors (Lipinski definition) is 2. The number of methoxy groups -OCH3 is 1. The first kappa shape index (κ1) is 18.9. The molecule has 0 unspecified atom stereocenters. The maximum atomic E-state index is 13.0. The minimum absolute atomic E-state index is 0.0311. The lowest BCUT2D eigenvalue weighted by atomic mass is 9.83. The molecular formula is C20H26N4O3. The summed E-state index contributed by atoms with van der Waals surface area (Å²) in [6.07, 6.45) is 4.99. The minimum Gasteiger partial charge on any atom is -0.496 e. The summed E-state index contributed by atoms with van der Waals surface area (Å²) in [5.74, 6) is 0.443. The highest BCUT2D eigenvalue weighted by Crippen LogP contribution is 2.40. The Balaban J connectivity index is 1.80. The molecule has 1 aromatic carbocycles. The van der Waals surface area contributed by atoms with Crippen LogP contribution >= 0.6 is 0 Å². The molecule has 0 radical (unpaired) electrons. The fourth-order valence-corrected chi connectivity index (χ4v) is 3.77. The SMILES string of the molecule is CCN1C(=O)CC[C@@H](C(=O)NCCc2cnc[nH]2)[C@@H]1c1ccccc1OC. The van der Waals surface area contributed by atoms with E-state index in [9.17, 15) is 9.59 Å². The Morgan fingerprint density at radius 3 is 2.93 bits per heavy atom. The number of rotatable bonds is 7. The van der Waals surface area contributed by atoms with Crippen LogP contribution in [0.2, 0.25) is 0 Å². The Morgan fingerprint density at radius 2 is 2.22 bits per heavy atom. The van der Waals surface area contributed by atoms with Crippen LogP contribution in [0.25, 0.3) is 0 Å². The van der Waals surface area contributed by atoms with Crippen molar-refractivity contribution in [1.29, 1.82) is 0 Å². The molecule has 2 heterocycles. The molecule has 1 saturated heterocycles. The molecule has 1 fully saturated rings. The lowest BCUT2D eigenvalue weighted by molar-refractivity contribution is -0.143. The third-order valence-corrected chi connectivity index (χ3v) is 5.09. The molecule has 3 rings (SSSR count). The lowest BCUT2D eigenvalue weighted by Gasteiger charge is -2.40. The summed E-state index contributed by atoms with van der Waals surface area (Å²) < 4.78 is 5.50. The number of para-hydroxylation sites is 1. The van der Waals surface area contributed by atoms with Crippen LogP contribution in [-0.2, 0) is 16.0 Å². The van der Waals surface area contributed by atoms with E-state index in [1.807, 2.05) is 31.2 Å². The van der Waals surface area contributed by atoms with Crippen LogP contribution in [0.5, 0.6) is 5.75 Å². The van der Waals surface area contributed by atoms with Crippen molar-refractivity contribution in [1.82, 2.24) is 20.2 Å². The molecule has 27 heavy (non-hydrogen) atoms. The van der Waals surface area contributed by atoms with E-state index in [1.54, 1.807) is 24.5 Å². The molecule has 2 atom stereocenters. The zero-order chi connectivity index (χ0) is 19.2. The highest BCUT2D eigenvalue weighted by atomic mass is 16.5. The molecule has 2 N–H and O–H groups in total. The molecule has 1 aromatic heterocycles. The number of hydrogen-bond acceptors (Lipinski definition) is 4. The van der Waals surface area contributed by atoms with Gasteiger partial charge in [0.1, 0.15) is 5.75 Å². The van der Waals surface area contributed by atoms with Gasteiger partial charge in [-0.15, -0.1) is 0 Å². The molecule has 144 valence electrons. The van der Waals surface area contributed by atoms with Gasteiger partial charge in [-0.2, -0.15) is 0 Å². The fraction of sp³-hybridized carbons (Fsp3) is 0.450. The Morgan fingerprint density at radius 1 is 1.41 bits per heavy atom. The van der Waals surface area contributed by atoms with Crippen molar-refractivity contribution in [3.8, 4) is 5.75 Å². The number of likely N-dealkylation sites (tertiary alicyclic amines) is 1. The van der Waals surface area contributed by atoms with Gasteiger partial charge in [-0.3, -0.25) is 9.59 Å². The van der Waals surface area contributed by atoms with Gasteiger partial charge in [-0.1, -0.05) is 18.2 Å². The second kappa shape index (κ2) is 8.70. The van der Waals surface area contributed by atoms with E-state index in [1.165, 1.54) is 0 Å². The smallest absolute Gasteiger partial charge is 0.225 e. The third-order valence-electron chi connectivity index (χ3n) is 5.09. The Bertz CT molecular complexity index is 775. The number of nitrogens with zero attached hydrogens (tertiary/aromatic N) is 2. The molecule has 7 nitrogen and oxygen atoms in total. The highest BCUT2D eigenvalue weighted by molar-refractivity contribution is 5.85. The lowest BCUT2D eigenvalue weighted by Crippen LogP contribution is -2.48. The maximum Gasteiger partial charge on any atom is 0.225 e. The average molecular weight is 370 g/mol. The van der Waals surface area contributed by atoms with Crippen LogP contribution in [-0.4, -0.2) is 46.9 Å². The van der Waals surface area contributed by atoms with Gasteiger partial charge < -0.3 is 19.9 Å². The van der Waals surface area contributed by atoms with Crippen LogP contribution in [0, 0.1) is 5.92 Å². The average Bonchev–Trinajstić information content (AvgIpc) is 3.21. The largest absolute Gasteiger partial charge is 0.496 e. The van der Waals surface area contributed by atoms with Crippen LogP contribution in [0.1, 0.15) is 37.1 Å². The molecule has 0 spiro atoms. The number of ether oxygens (including phenoxy) is 1. The quantitative estimate of drug-likeness (QED) is 0.781. The molecule has 0 aliphatic carbocycles. The van der Waals surface area contributed by atoms with Crippen molar-refractivity contribution in [3.05, 3.63) is 48.0 Å². The summed E-state index contributed by atoms with van der Waals surface area (Å²) in [4.78, 5) is 34.3. The van der Waals surface area contributed by atoms with Gasteiger partial charge in [0.25, 0.3) is 0 Å². The van der Waals surface area contributed by atoms with Gasteiger partial charge in [0.2, 0.25) is 11.8 Å². The van der Waals surface area contributed by atoms with E-state index in [0.29, 0.717) is 38.1 Å². The van der Waals surface area contributed by atoms with Gasteiger partial charge >= 0.3 is 0 Å². The summed E-state index contributed by atoms with van der Waals surface area (Å²) in [6.45, 7) is 3.02. The number of carbonyl (C=O) groups excluding carboxylic acids is 2. The zero-order valence-electron chi connectivity index (χ0n) is 15.8. The van der Waals surface area contributed by atoms with Crippen molar-refractivity contribution in [2.75, 3.05) is 20.2 Å². The monoisotopic (exact) mass is 370 g/mol. The molecule has 2 amide bonds. The van der Waals surface area contributed by atoms with Crippen LogP contribution < -0.4 is 10.1 Å². The first-order valence-corrected chi connectivity index (χ1v) is 9.33. The normalized spacial score (nSPS) is 19.8. The molecule has 0 saturated carbocycles.